The molecule has 2 aromatic heterocycles. The van der Waals surface area contributed by atoms with Crippen molar-refractivity contribution in [2.24, 2.45) is 0 Å². The van der Waals surface area contributed by atoms with Gasteiger partial charge in [-0.05, 0) is 52.3 Å². The Morgan fingerprint density at radius 1 is 1.38 bits per heavy atom. The summed E-state index contributed by atoms with van der Waals surface area (Å²) in [6.45, 7) is 7.57. The maximum atomic E-state index is 11.9. The molecule has 0 bridgehead atoms. The van der Waals surface area contributed by atoms with Crippen molar-refractivity contribution in [3.05, 3.63) is 24.3 Å². The van der Waals surface area contributed by atoms with Crippen molar-refractivity contribution in [2.45, 2.75) is 58.2 Å². The van der Waals surface area contributed by atoms with Crippen molar-refractivity contribution < 1.29 is 18.4 Å². The summed E-state index contributed by atoms with van der Waals surface area (Å²) in [5.41, 5.74) is -0.498. The Labute approximate surface area is 152 Å². The number of nitrogens with one attached hydrogen (secondary N) is 1. The van der Waals surface area contributed by atoms with Gasteiger partial charge in [0.2, 0.25) is 5.89 Å². The Morgan fingerprint density at radius 3 is 2.96 bits per heavy atom. The predicted molar refractivity (Wildman–Crippen MR) is 94.3 cm³/mol. The van der Waals surface area contributed by atoms with Gasteiger partial charge in [0.05, 0.1) is 12.8 Å². The monoisotopic (exact) mass is 362 g/mol. The van der Waals surface area contributed by atoms with Crippen LogP contribution in [0.1, 0.15) is 45.9 Å². The zero-order valence-corrected chi connectivity index (χ0v) is 15.5. The Hall–Kier alpha value is -2.35. The van der Waals surface area contributed by atoms with Crippen molar-refractivity contribution in [2.75, 3.05) is 13.1 Å². The van der Waals surface area contributed by atoms with Crippen LogP contribution >= 0.6 is 0 Å². The fraction of sp³-hybridized carbons (Fsp3) is 0.611. The number of piperidine rings is 1. The molecule has 0 radical (unpaired) electrons. The summed E-state index contributed by atoms with van der Waals surface area (Å²) in [6.07, 6.45) is 4.44. The van der Waals surface area contributed by atoms with E-state index in [1.165, 1.54) is 0 Å². The van der Waals surface area contributed by atoms with Crippen molar-refractivity contribution in [1.82, 2.24) is 20.4 Å². The van der Waals surface area contributed by atoms with Crippen LogP contribution in [-0.2, 0) is 11.3 Å². The Bertz CT molecular complexity index is 705. The van der Waals surface area contributed by atoms with Crippen molar-refractivity contribution in [1.29, 1.82) is 0 Å². The van der Waals surface area contributed by atoms with Gasteiger partial charge in [-0.2, -0.15) is 0 Å². The third-order valence-corrected chi connectivity index (χ3v) is 4.17. The van der Waals surface area contributed by atoms with E-state index >= 15 is 0 Å². The first-order valence-corrected chi connectivity index (χ1v) is 8.98. The van der Waals surface area contributed by atoms with E-state index in [9.17, 15) is 4.79 Å². The largest absolute Gasteiger partial charge is 0.459 e. The number of likely N-dealkylation sites (tertiary alicyclic amines) is 1. The number of rotatable bonds is 5. The van der Waals surface area contributed by atoms with Crippen LogP contribution in [0.25, 0.3) is 11.7 Å². The van der Waals surface area contributed by atoms with Gasteiger partial charge in [-0.15, -0.1) is 10.2 Å². The predicted octanol–water partition coefficient (Wildman–Crippen LogP) is 3.21. The molecule has 1 saturated heterocycles. The second kappa shape index (κ2) is 7.90. The van der Waals surface area contributed by atoms with E-state index in [0.717, 1.165) is 25.8 Å². The second-order valence-electron chi connectivity index (χ2n) is 7.48. The minimum atomic E-state index is -0.498. The van der Waals surface area contributed by atoms with E-state index in [1.54, 1.807) is 18.4 Å². The molecule has 0 aliphatic carbocycles. The lowest BCUT2D eigenvalue weighted by Crippen LogP contribution is -2.47. The molecule has 2 aromatic rings. The summed E-state index contributed by atoms with van der Waals surface area (Å²) in [4.78, 5) is 14.2. The van der Waals surface area contributed by atoms with Gasteiger partial charge in [-0.25, -0.2) is 4.79 Å². The molecular weight excluding hydrogens is 336 g/mol. The molecule has 8 nitrogen and oxygen atoms in total. The quantitative estimate of drug-likeness (QED) is 0.873. The van der Waals surface area contributed by atoms with Crippen LogP contribution in [0.3, 0.4) is 0 Å². The highest BCUT2D eigenvalue weighted by Gasteiger charge is 2.26. The first-order valence-electron chi connectivity index (χ1n) is 8.98. The van der Waals surface area contributed by atoms with Gasteiger partial charge in [-0.3, -0.25) is 4.90 Å². The normalized spacial score (nSPS) is 18.7. The molecule has 3 heterocycles. The molecule has 142 valence electrons. The minimum absolute atomic E-state index is 0.218. The molecule has 1 amide bonds. The van der Waals surface area contributed by atoms with Gasteiger partial charge in [0, 0.05) is 12.6 Å². The average Bonchev–Trinajstić information content (AvgIpc) is 3.23. The van der Waals surface area contributed by atoms with Crippen molar-refractivity contribution >= 4 is 6.09 Å². The molecule has 1 aliphatic heterocycles. The van der Waals surface area contributed by atoms with E-state index in [-0.39, 0.29) is 12.1 Å². The summed E-state index contributed by atoms with van der Waals surface area (Å²) < 4.78 is 16.3. The molecule has 1 N–H and O–H groups in total. The van der Waals surface area contributed by atoms with Crippen LogP contribution in [0.5, 0.6) is 0 Å². The van der Waals surface area contributed by atoms with Crippen LogP contribution in [0, 0.1) is 0 Å². The molecule has 1 unspecified atom stereocenters. The highest BCUT2D eigenvalue weighted by molar-refractivity contribution is 5.67. The van der Waals surface area contributed by atoms with E-state index < -0.39 is 5.60 Å². The Morgan fingerprint density at radius 2 is 2.23 bits per heavy atom. The number of amides is 1. The zero-order valence-electron chi connectivity index (χ0n) is 15.5. The fourth-order valence-corrected chi connectivity index (χ4v) is 3.01. The average molecular weight is 362 g/mol. The summed E-state index contributed by atoms with van der Waals surface area (Å²) >= 11 is 0. The number of furan rings is 1. The molecule has 0 spiro atoms. The van der Waals surface area contributed by atoms with Gasteiger partial charge >= 0.3 is 6.09 Å². The number of nitrogens with zero attached hydrogens (tertiary/aromatic N) is 3. The lowest BCUT2D eigenvalue weighted by Gasteiger charge is -2.34. The Balaban J connectivity index is 1.56. The van der Waals surface area contributed by atoms with Crippen molar-refractivity contribution in [3.8, 4) is 11.7 Å². The van der Waals surface area contributed by atoms with Crippen molar-refractivity contribution in [3.63, 3.8) is 0 Å². The fourth-order valence-electron chi connectivity index (χ4n) is 3.01. The van der Waals surface area contributed by atoms with Crippen LogP contribution < -0.4 is 5.32 Å². The molecule has 0 aromatic carbocycles. The molecule has 8 heteroatoms. The first-order chi connectivity index (χ1) is 12.4. The van der Waals surface area contributed by atoms with E-state index in [2.05, 4.69) is 20.4 Å². The standard InChI is InChI=1S/C18H26N4O4/c1-18(2,3)26-17(23)19-11-13-7-4-5-9-22(13)12-15-20-21-16(25-15)14-8-6-10-24-14/h6,8,10,13H,4-5,7,9,11-12H2,1-3H3,(H,19,23). The highest BCUT2D eigenvalue weighted by Crippen LogP contribution is 2.22. The zero-order chi connectivity index (χ0) is 18.6. The number of hydrogen-bond donors (Lipinski definition) is 1. The highest BCUT2D eigenvalue weighted by atomic mass is 16.6. The molecule has 0 saturated carbocycles. The number of carbonyl (C=O) groups is 1. The first kappa shape index (κ1) is 18.4. The molecule has 1 atom stereocenters. The van der Waals surface area contributed by atoms with Crippen LogP contribution in [-0.4, -0.2) is 45.9 Å². The topological polar surface area (TPSA) is 93.6 Å². The summed E-state index contributed by atoms with van der Waals surface area (Å²) in [5.74, 6) is 1.48. The molecule has 26 heavy (non-hydrogen) atoms. The number of ether oxygens (including phenoxy) is 1. The molecular formula is C18H26N4O4. The van der Waals surface area contributed by atoms with Gasteiger partial charge in [-0.1, -0.05) is 6.42 Å². The molecule has 3 rings (SSSR count). The third kappa shape index (κ3) is 5.08. The van der Waals surface area contributed by atoms with E-state index in [0.29, 0.717) is 30.6 Å². The summed E-state index contributed by atoms with van der Waals surface area (Å²) in [6, 6.07) is 3.78. The smallest absolute Gasteiger partial charge is 0.407 e. The van der Waals surface area contributed by atoms with Gasteiger partial charge in [0.15, 0.2) is 5.76 Å². The lowest BCUT2D eigenvalue weighted by atomic mass is 10.0. The number of hydrogen-bond acceptors (Lipinski definition) is 7. The van der Waals surface area contributed by atoms with E-state index in [1.807, 2.05) is 20.8 Å². The van der Waals surface area contributed by atoms with Crippen LogP contribution in [0.15, 0.2) is 27.2 Å². The van der Waals surface area contributed by atoms with Crippen LogP contribution in [0.2, 0.25) is 0 Å². The lowest BCUT2D eigenvalue weighted by molar-refractivity contribution is 0.0488. The van der Waals surface area contributed by atoms with E-state index in [4.69, 9.17) is 13.6 Å². The Kier molecular flexibility index (Phi) is 5.61. The SMILES string of the molecule is CC(C)(C)OC(=O)NCC1CCCCN1Cc1nnc(-c2ccco2)o1. The third-order valence-electron chi connectivity index (χ3n) is 4.17. The number of alkyl carbamates (subject to hydrolysis) is 1. The second-order valence-corrected chi connectivity index (χ2v) is 7.48. The van der Waals surface area contributed by atoms with Gasteiger partial charge in [0.25, 0.3) is 5.89 Å². The van der Waals surface area contributed by atoms with Gasteiger partial charge in [0.1, 0.15) is 5.60 Å². The molecule has 1 fully saturated rings. The maximum Gasteiger partial charge on any atom is 0.407 e. The summed E-state index contributed by atoms with van der Waals surface area (Å²) in [5, 5.41) is 11.0. The number of carbonyl (C=O) groups excluding carboxylic acids is 1. The maximum absolute atomic E-state index is 11.9. The summed E-state index contributed by atoms with van der Waals surface area (Å²) in [7, 11) is 0. The minimum Gasteiger partial charge on any atom is -0.459 e. The molecule has 1 aliphatic rings. The van der Waals surface area contributed by atoms with Crippen LogP contribution in [0.4, 0.5) is 4.79 Å². The van der Waals surface area contributed by atoms with Gasteiger partial charge < -0.3 is 18.9 Å². The number of aromatic nitrogens is 2.